The SMILES string of the molecule is C=CCCCC1(C=C)COC(=O)N1C(CC=C)CCCCC. The molecule has 1 aliphatic rings. The summed E-state index contributed by atoms with van der Waals surface area (Å²) in [5.41, 5.74) is -0.375. The summed E-state index contributed by atoms with van der Waals surface area (Å²) in [6.45, 7) is 14.2. The average Bonchev–Trinajstić information content (AvgIpc) is 2.84. The molecular formula is C19H31NO2. The molecule has 0 aliphatic carbocycles. The lowest BCUT2D eigenvalue weighted by Crippen LogP contribution is -2.51. The maximum absolute atomic E-state index is 12.3. The predicted molar refractivity (Wildman–Crippen MR) is 92.9 cm³/mol. The van der Waals surface area contributed by atoms with Gasteiger partial charge in [0.25, 0.3) is 0 Å². The second kappa shape index (κ2) is 9.50. The van der Waals surface area contributed by atoms with Crippen LogP contribution in [0.4, 0.5) is 4.79 Å². The fraction of sp³-hybridized carbons (Fsp3) is 0.632. The fourth-order valence-corrected chi connectivity index (χ4v) is 3.20. The summed E-state index contributed by atoms with van der Waals surface area (Å²) in [6, 6.07) is 0.154. The molecule has 0 radical (unpaired) electrons. The lowest BCUT2D eigenvalue weighted by molar-refractivity contribution is 0.125. The molecule has 0 bridgehead atoms. The monoisotopic (exact) mass is 305 g/mol. The first kappa shape index (κ1) is 18.5. The highest BCUT2D eigenvalue weighted by Gasteiger charge is 2.47. The minimum atomic E-state index is -0.375. The zero-order valence-electron chi connectivity index (χ0n) is 14.1. The molecule has 0 saturated carbocycles. The van der Waals surface area contributed by atoms with Gasteiger partial charge in [-0.25, -0.2) is 4.79 Å². The van der Waals surface area contributed by atoms with E-state index >= 15 is 0 Å². The van der Waals surface area contributed by atoms with Crippen LogP contribution in [0.15, 0.2) is 38.0 Å². The molecule has 0 N–H and O–H groups in total. The van der Waals surface area contributed by atoms with Gasteiger partial charge in [0.15, 0.2) is 0 Å². The summed E-state index contributed by atoms with van der Waals surface area (Å²) in [4.78, 5) is 14.3. The molecule has 0 aromatic rings. The number of amides is 1. The van der Waals surface area contributed by atoms with Crippen LogP contribution in [0, 0.1) is 0 Å². The Hall–Kier alpha value is -1.51. The largest absolute Gasteiger partial charge is 0.447 e. The number of ether oxygens (including phenoxy) is 1. The first-order valence-electron chi connectivity index (χ1n) is 8.46. The number of hydrogen-bond acceptors (Lipinski definition) is 2. The van der Waals surface area contributed by atoms with Crippen molar-refractivity contribution in [3.05, 3.63) is 38.0 Å². The highest BCUT2D eigenvalue weighted by molar-refractivity contribution is 5.72. The second-order valence-electron chi connectivity index (χ2n) is 6.09. The minimum absolute atomic E-state index is 0.154. The third kappa shape index (κ3) is 4.49. The van der Waals surface area contributed by atoms with Crippen LogP contribution in [0.25, 0.3) is 0 Å². The Morgan fingerprint density at radius 1 is 1.27 bits per heavy atom. The van der Waals surface area contributed by atoms with E-state index < -0.39 is 0 Å². The molecule has 0 spiro atoms. The molecule has 1 aliphatic heterocycles. The molecule has 2 atom stereocenters. The Balaban J connectivity index is 2.89. The van der Waals surface area contributed by atoms with Crippen LogP contribution in [0.5, 0.6) is 0 Å². The van der Waals surface area contributed by atoms with Crippen LogP contribution < -0.4 is 0 Å². The van der Waals surface area contributed by atoms with E-state index in [1.165, 1.54) is 12.8 Å². The van der Waals surface area contributed by atoms with Crippen molar-refractivity contribution in [3.63, 3.8) is 0 Å². The molecule has 1 saturated heterocycles. The van der Waals surface area contributed by atoms with Crippen molar-refractivity contribution >= 4 is 6.09 Å². The van der Waals surface area contributed by atoms with Crippen LogP contribution >= 0.6 is 0 Å². The maximum Gasteiger partial charge on any atom is 0.410 e. The van der Waals surface area contributed by atoms with Gasteiger partial charge < -0.3 is 4.74 Å². The van der Waals surface area contributed by atoms with Crippen molar-refractivity contribution in [3.8, 4) is 0 Å². The lowest BCUT2D eigenvalue weighted by Gasteiger charge is -2.38. The summed E-state index contributed by atoms with van der Waals surface area (Å²) in [5.74, 6) is 0. The first-order valence-corrected chi connectivity index (χ1v) is 8.46. The number of carbonyl (C=O) groups excluding carboxylic acids is 1. The quantitative estimate of drug-likeness (QED) is 0.364. The van der Waals surface area contributed by atoms with Gasteiger partial charge in [0.2, 0.25) is 0 Å². The van der Waals surface area contributed by atoms with E-state index in [-0.39, 0.29) is 17.7 Å². The summed E-state index contributed by atoms with van der Waals surface area (Å²) in [5, 5.41) is 0. The summed E-state index contributed by atoms with van der Waals surface area (Å²) in [6.07, 6.45) is 13.6. The van der Waals surface area contributed by atoms with Crippen LogP contribution in [0.3, 0.4) is 0 Å². The van der Waals surface area contributed by atoms with Crippen LogP contribution in [0.2, 0.25) is 0 Å². The topological polar surface area (TPSA) is 29.5 Å². The smallest absolute Gasteiger partial charge is 0.410 e. The Labute approximate surface area is 135 Å². The Kier molecular flexibility index (Phi) is 8.00. The summed E-state index contributed by atoms with van der Waals surface area (Å²) >= 11 is 0. The standard InChI is InChI=1S/C19H31NO2/c1-5-9-11-14-17(13-7-3)20-18(21)22-16-19(20,8-4)15-12-10-6-2/h6-8,17H,2-5,9-16H2,1H3. The minimum Gasteiger partial charge on any atom is -0.447 e. The lowest BCUT2D eigenvalue weighted by atomic mass is 9.89. The summed E-state index contributed by atoms with van der Waals surface area (Å²) < 4.78 is 5.39. The molecule has 3 nitrogen and oxygen atoms in total. The van der Waals surface area contributed by atoms with E-state index in [1.807, 2.05) is 23.1 Å². The van der Waals surface area contributed by atoms with Crippen molar-refractivity contribution in [1.29, 1.82) is 0 Å². The van der Waals surface area contributed by atoms with E-state index in [0.717, 1.165) is 38.5 Å². The van der Waals surface area contributed by atoms with Gasteiger partial charge in [0, 0.05) is 6.04 Å². The van der Waals surface area contributed by atoms with E-state index in [1.54, 1.807) is 0 Å². The van der Waals surface area contributed by atoms with Crippen LogP contribution in [-0.4, -0.2) is 29.2 Å². The Bertz CT molecular complexity index is 391. The van der Waals surface area contributed by atoms with Crippen molar-refractivity contribution in [2.75, 3.05) is 6.61 Å². The number of cyclic esters (lactones) is 1. The van der Waals surface area contributed by atoms with Crippen molar-refractivity contribution in [2.24, 2.45) is 0 Å². The molecule has 1 fully saturated rings. The van der Waals surface area contributed by atoms with Gasteiger partial charge in [-0.3, -0.25) is 4.90 Å². The number of allylic oxidation sites excluding steroid dienone is 1. The van der Waals surface area contributed by atoms with E-state index in [2.05, 4.69) is 26.7 Å². The Morgan fingerprint density at radius 2 is 2.05 bits per heavy atom. The summed E-state index contributed by atoms with van der Waals surface area (Å²) in [7, 11) is 0. The molecule has 1 amide bonds. The zero-order chi connectivity index (χ0) is 16.4. The number of rotatable bonds is 12. The number of nitrogens with zero attached hydrogens (tertiary/aromatic N) is 1. The van der Waals surface area contributed by atoms with Gasteiger partial charge in [-0.1, -0.05) is 44.4 Å². The van der Waals surface area contributed by atoms with Gasteiger partial charge in [-0.05, 0) is 32.1 Å². The van der Waals surface area contributed by atoms with E-state index in [9.17, 15) is 4.79 Å². The normalized spacial score (nSPS) is 22.2. The highest BCUT2D eigenvalue weighted by Crippen LogP contribution is 2.35. The van der Waals surface area contributed by atoms with Crippen molar-refractivity contribution in [1.82, 2.24) is 4.90 Å². The number of hydrogen-bond donors (Lipinski definition) is 0. The van der Waals surface area contributed by atoms with Gasteiger partial charge >= 0.3 is 6.09 Å². The van der Waals surface area contributed by atoms with Crippen LogP contribution in [-0.2, 0) is 4.74 Å². The number of unbranched alkanes of at least 4 members (excludes halogenated alkanes) is 3. The molecule has 124 valence electrons. The van der Waals surface area contributed by atoms with Gasteiger partial charge in [-0.15, -0.1) is 19.7 Å². The third-order valence-electron chi connectivity index (χ3n) is 4.46. The third-order valence-corrected chi connectivity index (χ3v) is 4.46. The fourth-order valence-electron chi connectivity index (χ4n) is 3.20. The van der Waals surface area contributed by atoms with Gasteiger partial charge in [0.05, 0.1) is 5.54 Å². The highest BCUT2D eigenvalue weighted by atomic mass is 16.6. The molecular weight excluding hydrogens is 274 g/mol. The zero-order valence-corrected chi connectivity index (χ0v) is 14.1. The molecule has 2 unspecified atom stereocenters. The van der Waals surface area contributed by atoms with E-state index in [0.29, 0.717) is 6.61 Å². The first-order chi connectivity index (χ1) is 10.6. The van der Waals surface area contributed by atoms with Gasteiger partial charge in [-0.2, -0.15) is 0 Å². The van der Waals surface area contributed by atoms with Crippen molar-refractivity contribution in [2.45, 2.75) is 69.9 Å². The molecule has 0 aromatic heterocycles. The van der Waals surface area contributed by atoms with Gasteiger partial charge in [0.1, 0.15) is 6.61 Å². The molecule has 22 heavy (non-hydrogen) atoms. The second-order valence-corrected chi connectivity index (χ2v) is 6.09. The predicted octanol–water partition coefficient (Wildman–Crippen LogP) is 5.24. The molecule has 3 heteroatoms. The molecule has 1 rings (SSSR count). The molecule has 0 aromatic carbocycles. The Morgan fingerprint density at radius 3 is 2.64 bits per heavy atom. The number of carbonyl (C=O) groups is 1. The maximum atomic E-state index is 12.3. The average molecular weight is 305 g/mol. The van der Waals surface area contributed by atoms with Crippen LogP contribution in [0.1, 0.15) is 58.3 Å². The van der Waals surface area contributed by atoms with Crippen molar-refractivity contribution < 1.29 is 9.53 Å². The molecule has 1 heterocycles. The van der Waals surface area contributed by atoms with E-state index in [4.69, 9.17) is 4.74 Å².